The van der Waals surface area contributed by atoms with Crippen LogP contribution in [0.4, 0.5) is 0 Å². The zero-order valence-corrected chi connectivity index (χ0v) is 6.00. The number of aromatic amines is 1. The van der Waals surface area contributed by atoms with Gasteiger partial charge in [0, 0.05) is 18.8 Å². The smallest absolute Gasteiger partial charge is 0.220 e. The molecule has 2 rings (SSSR count). The maximum Gasteiger partial charge on any atom is 0.220 e. The summed E-state index contributed by atoms with van der Waals surface area (Å²) in [6, 6.07) is 0.109. The molecule has 4 nitrogen and oxygen atoms in total. The molecule has 1 aromatic rings. The van der Waals surface area contributed by atoms with E-state index in [1.807, 2.05) is 0 Å². The zero-order valence-electron chi connectivity index (χ0n) is 6.00. The molecule has 0 bridgehead atoms. The number of hydrogen-bond donors (Lipinski definition) is 2. The second-order valence-corrected chi connectivity index (χ2v) is 2.63. The quantitative estimate of drug-likeness (QED) is 0.608. The van der Waals surface area contributed by atoms with Crippen LogP contribution in [0.25, 0.3) is 0 Å². The summed E-state index contributed by atoms with van der Waals surface area (Å²) >= 11 is 0. The Labute approximate surface area is 64.0 Å². The molecule has 0 saturated carbocycles. The van der Waals surface area contributed by atoms with Crippen LogP contribution in [0.1, 0.15) is 24.7 Å². The lowest BCUT2D eigenvalue weighted by Gasteiger charge is -2.04. The Morgan fingerprint density at radius 1 is 1.64 bits per heavy atom. The van der Waals surface area contributed by atoms with Crippen LogP contribution < -0.4 is 5.32 Å². The molecule has 0 spiro atoms. The number of nitrogens with zero attached hydrogens (tertiary/aromatic N) is 1. The minimum atomic E-state index is 0.109. The zero-order chi connectivity index (χ0) is 7.68. The number of rotatable bonds is 1. The minimum absolute atomic E-state index is 0.109. The van der Waals surface area contributed by atoms with Crippen molar-refractivity contribution >= 4 is 5.91 Å². The van der Waals surface area contributed by atoms with Gasteiger partial charge < -0.3 is 10.3 Å². The lowest BCUT2D eigenvalue weighted by molar-refractivity contribution is -0.119. The van der Waals surface area contributed by atoms with Gasteiger partial charge in [0.2, 0.25) is 5.91 Å². The first kappa shape index (κ1) is 6.39. The van der Waals surface area contributed by atoms with Crippen molar-refractivity contribution in [3.05, 3.63) is 18.2 Å². The van der Waals surface area contributed by atoms with E-state index in [0.717, 1.165) is 12.2 Å². The van der Waals surface area contributed by atoms with Crippen molar-refractivity contribution in [2.24, 2.45) is 0 Å². The van der Waals surface area contributed by atoms with Gasteiger partial charge in [-0.1, -0.05) is 0 Å². The molecule has 1 unspecified atom stereocenters. The van der Waals surface area contributed by atoms with Gasteiger partial charge in [-0.05, 0) is 6.42 Å². The number of H-pyrrole nitrogens is 1. The van der Waals surface area contributed by atoms with Crippen LogP contribution >= 0.6 is 0 Å². The molecule has 1 aromatic heterocycles. The van der Waals surface area contributed by atoms with Crippen LogP contribution in [0.3, 0.4) is 0 Å². The molecule has 1 fully saturated rings. The highest BCUT2D eigenvalue weighted by molar-refractivity contribution is 5.78. The summed E-state index contributed by atoms with van der Waals surface area (Å²) in [5.41, 5.74) is 0. The lowest BCUT2D eigenvalue weighted by atomic mass is 10.2. The van der Waals surface area contributed by atoms with E-state index in [9.17, 15) is 4.79 Å². The monoisotopic (exact) mass is 151 g/mol. The van der Waals surface area contributed by atoms with Crippen molar-refractivity contribution in [1.29, 1.82) is 0 Å². The third-order valence-corrected chi connectivity index (χ3v) is 1.84. The topological polar surface area (TPSA) is 57.8 Å². The molecule has 1 saturated heterocycles. The van der Waals surface area contributed by atoms with Crippen molar-refractivity contribution in [3.63, 3.8) is 0 Å². The van der Waals surface area contributed by atoms with Crippen molar-refractivity contribution in [2.75, 3.05) is 0 Å². The Morgan fingerprint density at radius 3 is 3.09 bits per heavy atom. The van der Waals surface area contributed by atoms with E-state index in [4.69, 9.17) is 0 Å². The Morgan fingerprint density at radius 2 is 2.55 bits per heavy atom. The van der Waals surface area contributed by atoms with Crippen LogP contribution in [-0.4, -0.2) is 15.9 Å². The molecule has 2 heterocycles. The summed E-state index contributed by atoms with van der Waals surface area (Å²) < 4.78 is 0. The fourth-order valence-electron chi connectivity index (χ4n) is 1.29. The lowest BCUT2D eigenvalue weighted by Crippen LogP contribution is -2.19. The van der Waals surface area contributed by atoms with E-state index in [-0.39, 0.29) is 11.9 Å². The first-order valence-electron chi connectivity index (χ1n) is 3.65. The molecule has 0 aliphatic carbocycles. The van der Waals surface area contributed by atoms with Crippen LogP contribution in [0.5, 0.6) is 0 Å². The number of carbonyl (C=O) groups excluding carboxylic acids is 1. The maximum absolute atomic E-state index is 10.8. The molecule has 1 atom stereocenters. The molecule has 0 radical (unpaired) electrons. The Hall–Kier alpha value is -1.32. The maximum atomic E-state index is 10.8. The van der Waals surface area contributed by atoms with E-state index >= 15 is 0 Å². The van der Waals surface area contributed by atoms with Crippen LogP contribution in [0.2, 0.25) is 0 Å². The van der Waals surface area contributed by atoms with Crippen molar-refractivity contribution in [3.8, 4) is 0 Å². The molecule has 1 aliphatic rings. The van der Waals surface area contributed by atoms with Gasteiger partial charge in [0.05, 0.1) is 6.04 Å². The van der Waals surface area contributed by atoms with Crippen LogP contribution in [-0.2, 0) is 4.79 Å². The first-order chi connectivity index (χ1) is 5.36. The standard InChI is InChI=1S/C7H9N3O/c11-6-2-1-5(10-6)7-8-3-4-9-7/h3-5H,1-2H2,(H,8,9)(H,10,11). The van der Waals surface area contributed by atoms with Crippen LogP contribution in [0, 0.1) is 0 Å². The number of nitrogens with one attached hydrogen (secondary N) is 2. The summed E-state index contributed by atoms with van der Waals surface area (Å²) in [6.07, 6.45) is 4.93. The minimum Gasteiger partial charge on any atom is -0.347 e. The predicted octanol–water partition coefficient (Wildman–Crippen LogP) is 0.361. The van der Waals surface area contributed by atoms with Gasteiger partial charge >= 0.3 is 0 Å². The summed E-state index contributed by atoms with van der Waals surface area (Å²) in [5, 5.41) is 2.82. The third-order valence-electron chi connectivity index (χ3n) is 1.84. The van der Waals surface area contributed by atoms with E-state index in [0.29, 0.717) is 6.42 Å². The highest BCUT2D eigenvalue weighted by atomic mass is 16.1. The van der Waals surface area contributed by atoms with Gasteiger partial charge in [0.25, 0.3) is 0 Å². The van der Waals surface area contributed by atoms with Gasteiger partial charge in [0.1, 0.15) is 5.82 Å². The van der Waals surface area contributed by atoms with Gasteiger partial charge in [-0.3, -0.25) is 4.79 Å². The fraction of sp³-hybridized carbons (Fsp3) is 0.429. The number of amides is 1. The molecular formula is C7H9N3O. The Kier molecular flexibility index (Phi) is 1.38. The average Bonchev–Trinajstić information content (AvgIpc) is 2.55. The number of hydrogen-bond acceptors (Lipinski definition) is 2. The summed E-state index contributed by atoms with van der Waals surface area (Å²) in [6.45, 7) is 0. The fourth-order valence-corrected chi connectivity index (χ4v) is 1.29. The largest absolute Gasteiger partial charge is 0.347 e. The average molecular weight is 151 g/mol. The summed E-state index contributed by atoms with van der Waals surface area (Å²) in [4.78, 5) is 17.8. The van der Waals surface area contributed by atoms with Crippen molar-refractivity contribution in [1.82, 2.24) is 15.3 Å². The van der Waals surface area contributed by atoms with E-state index in [1.54, 1.807) is 12.4 Å². The molecular weight excluding hydrogens is 142 g/mol. The van der Waals surface area contributed by atoms with Crippen molar-refractivity contribution < 1.29 is 4.79 Å². The van der Waals surface area contributed by atoms with E-state index in [1.165, 1.54) is 0 Å². The molecule has 4 heteroatoms. The van der Waals surface area contributed by atoms with Gasteiger partial charge in [-0.15, -0.1) is 0 Å². The molecule has 1 aliphatic heterocycles. The van der Waals surface area contributed by atoms with Gasteiger partial charge in [-0.25, -0.2) is 4.98 Å². The predicted molar refractivity (Wildman–Crippen MR) is 38.7 cm³/mol. The molecule has 11 heavy (non-hydrogen) atoms. The SMILES string of the molecule is O=C1CCC(c2ncc[nH]2)N1. The third kappa shape index (κ3) is 1.11. The number of imidazole rings is 1. The molecule has 2 N–H and O–H groups in total. The second-order valence-electron chi connectivity index (χ2n) is 2.63. The highest BCUT2D eigenvalue weighted by Crippen LogP contribution is 2.19. The normalized spacial score (nSPS) is 23.6. The number of aromatic nitrogens is 2. The Balaban J connectivity index is 2.13. The summed E-state index contributed by atoms with van der Waals surface area (Å²) in [7, 11) is 0. The van der Waals surface area contributed by atoms with Gasteiger partial charge in [-0.2, -0.15) is 0 Å². The molecule has 58 valence electrons. The molecule has 1 amide bonds. The second kappa shape index (κ2) is 2.38. The Bertz CT molecular complexity index is 255. The van der Waals surface area contributed by atoms with Crippen LogP contribution in [0.15, 0.2) is 12.4 Å². The van der Waals surface area contributed by atoms with E-state index < -0.39 is 0 Å². The van der Waals surface area contributed by atoms with Crippen molar-refractivity contribution in [2.45, 2.75) is 18.9 Å². The molecule has 0 aromatic carbocycles. The summed E-state index contributed by atoms with van der Waals surface area (Å²) in [5.74, 6) is 0.974. The first-order valence-corrected chi connectivity index (χ1v) is 3.65. The number of carbonyl (C=O) groups is 1. The van der Waals surface area contributed by atoms with Gasteiger partial charge in [0.15, 0.2) is 0 Å². The highest BCUT2D eigenvalue weighted by Gasteiger charge is 2.23. The van der Waals surface area contributed by atoms with E-state index in [2.05, 4.69) is 15.3 Å².